The van der Waals surface area contributed by atoms with E-state index in [0.29, 0.717) is 23.3 Å². The zero-order valence-corrected chi connectivity index (χ0v) is 11.0. The molecule has 0 fully saturated rings. The van der Waals surface area contributed by atoms with Crippen LogP contribution in [0, 0.1) is 0 Å². The number of hydrogen-bond donors (Lipinski definition) is 1. The number of nitrogens with one attached hydrogen (secondary N) is 1. The van der Waals surface area contributed by atoms with Gasteiger partial charge in [0, 0.05) is 6.54 Å². The van der Waals surface area contributed by atoms with Crippen molar-refractivity contribution in [2.24, 2.45) is 0 Å². The molecule has 0 aliphatic rings. The number of alkyl halides is 2. The molecule has 0 saturated heterocycles. The van der Waals surface area contributed by atoms with Crippen molar-refractivity contribution in [3.8, 4) is 0 Å². The molecule has 1 aromatic heterocycles. The summed E-state index contributed by atoms with van der Waals surface area (Å²) < 4.78 is 28.1. The summed E-state index contributed by atoms with van der Waals surface area (Å²) in [5, 5.41) is 6.87. The van der Waals surface area contributed by atoms with Gasteiger partial charge in [-0.05, 0) is 28.9 Å². The summed E-state index contributed by atoms with van der Waals surface area (Å²) in [5.41, 5.74) is 0.527. The highest BCUT2D eigenvalue weighted by atomic mass is 79.9. The monoisotopic (exact) mass is 295 g/mol. The molecule has 1 N–H and O–H groups in total. The molecule has 1 aromatic rings. The molecule has 3 nitrogen and oxygen atoms in total. The van der Waals surface area contributed by atoms with E-state index in [-0.39, 0.29) is 0 Å². The van der Waals surface area contributed by atoms with E-state index in [4.69, 9.17) is 0 Å². The first kappa shape index (κ1) is 13.6. The Labute approximate surface area is 102 Å². The van der Waals surface area contributed by atoms with Crippen LogP contribution in [0.5, 0.6) is 0 Å². The molecule has 16 heavy (non-hydrogen) atoms. The van der Waals surface area contributed by atoms with Crippen LogP contribution in [0.1, 0.15) is 32.0 Å². The van der Waals surface area contributed by atoms with E-state index in [1.165, 1.54) is 0 Å². The van der Waals surface area contributed by atoms with Crippen LogP contribution in [0.3, 0.4) is 0 Å². The molecule has 1 unspecified atom stereocenters. The zero-order valence-electron chi connectivity index (χ0n) is 9.38. The van der Waals surface area contributed by atoms with Crippen molar-refractivity contribution in [3.63, 3.8) is 0 Å². The summed E-state index contributed by atoms with van der Waals surface area (Å²) in [6.45, 7) is 4.95. The predicted molar refractivity (Wildman–Crippen MR) is 62.6 cm³/mol. The predicted octanol–water partition coefficient (Wildman–Crippen LogP) is 2.97. The molecule has 0 aliphatic heterocycles. The van der Waals surface area contributed by atoms with E-state index in [0.717, 1.165) is 6.42 Å². The maximum Gasteiger partial charge on any atom is 0.259 e. The molecule has 0 bridgehead atoms. The minimum Gasteiger partial charge on any atom is -0.304 e. The summed E-state index contributed by atoms with van der Waals surface area (Å²) >= 11 is 3.27. The van der Waals surface area contributed by atoms with E-state index in [9.17, 15) is 8.78 Å². The third kappa shape index (κ3) is 3.01. The number of aromatic nitrogens is 2. The quantitative estimate of drug-likeness (QED) is 0.874. The Kier molecular flexibility index (Phi) is 5.34. The Balaban J connectivity index is 3.01. The average Bonchev–Trinajstić information content (AvgIpc) is 2.57. The number of nitrogens with zero attached hydrogens (tertiary/aromatic N) is 2. The summed E-state index contributed by atoms with van der Waals surface area (Å²) in [4.78, 5) is 0. The van der Waals surface area contributed by atoms with Gasteiger partial charge in [-0.25, -0.2) is 8.78 Å². The van der Waals surface area contributed by atoms with E-state index < -0.39 is 12.5 Å². The van der Waals surface area contributed by atoms with E-state index in [2.05, 4.69) is 26.3 Å². The Morgan fingerprint density at radius 2 is 2.19 bits per heavy atom. The van der Waals surface area contributed by atoms with Crippen molar-refractivity contribution in [2.45, 2.75) is 39.3 Å². The first-order chi connectivity index (χ1) is 7.61. The SMILES string of the molecule is CCCn1ncc(Br)c1C(NCC)C(F)F. The maximum absolute atomic E-state index is 12.9. The summed E-state index contributed by atoms with van der Waals surface area (Å²) in [5.74, 6) is 0. The second-order valence-corrected chi connectivity index (χ2v) is 4.33. The Morgan fingerprint density at radius 1 is 1.50 bits per heavy atom. The van der Waals surface area contributed by atoms with Gasteiger partial charge in [-0.2, -0.15) is 5.10 Å². The molecule has 6 heteroatoms. The van der Waals surface area contributed by atoms with Gasteiger partial charge in [0.25, 0.3) is 6.43 Å². The minimum absolute atomic E-state index is 0.499. The fourth-order valence-corrected chi connectivity index (χ4v) is 2.14. The lowest BCUT2D eigenvalue weighted by atomic mass is 10.2. The van der Waals surface area contributed by atoms with Crippen LogP contribution in [0.25, 0.3) is 0 Å². The highest BCUT2D eigenvalue weighted by Gasteiger charge is 2.27. The van der Waals surface area contributed by atoms with Crippen LogP contribution in [0.15, 0.2) is 10.7 Å². The van der Waals surface area contributed by atoms with Gasteiger partial charge < -0.3 is 5.32 Å². The van der Waals surface area contributed by atoms with Gasteiger partial charge in [0.1, 0.15) is 6.04 Å². The molecular formula is C10H16BrF2N3. The largest absolute Gasteiger partial charge is 0.304 e. The van der Waals surface area contributed by atoms with Crippen LogP contribution in [-0.4, -0.2) is 22.8 Å². The second kappa shape index (κ2) is 6.30. The van der Waals surface area contributed by atoms with Gasteiger partial charge in [-0.3, -0.25) is 4.68 Å². The molecule has 1 rings (SSSR count). The summed E-state index contributed by atoms with van der Waals surface area (Å²) in [7, 11) is 0. The van der Waals surface area contributed by atoms with Crippen LogP contribution >= 0.6 is 15.9 Å². The van der Waals surface area contributed by atoms with E-state index >= 15 is 0 Å². The fourth-order valence-electron chi connectivity index (χ4n) is 1.60. The lowest BCUT2D eigenvalue weighted by molar-refractivity contribution is 0.0946. The molecule has 0 radical (unpaired) electrons. The third-order valence-electron chi connectivity index (χ3n) is 2.24. The third-order valence-corrected chi connectivity index (χ3v) is 2.85. The van der Waals surface area contributed by atoms with Gasteiger partial charge >= 0.3 is 0 Å². The molecule has 0 aromatic carbocycles. The van der Waals surface area contributed by atoms with Gasteiger partial charge in [-0.15, -0.1) is 0 Å². The van der Waals surface area contributed by atoms with Crippen molar-refractivity contribution in [3.05, 3.63) is 16.4 Å². The summed E-state index contributed by atoms with van der Waals surface area (Å²) in [6, 6.07) is -0.964. The Hall–Kier alpha value is -0.490. The summed E-state index contributed by atoms with van der Waals surface area (Å²) in [6.07, 6.45) is -0.00969. The van der Waals surface area contributed by atoms with E-state index in [1.807, 2.05) is 13.8 Å². The van der Waals surface area contributed by atoms with Gasteiger partial charge in [0.05, 0.1) is 16.4 Å². The van der Waals surface area contributed by atoms with Crippen LogP contribution in [0.4, 0.5) is 8.78 Å². The maximum atomic E-state index is 12.9. The number of halogens is 3. The number of hydrogen-bond acceptors (Lipinski definition) is 2. The van der Waals surface area contributed by atoms with Crippen molar-refractivity contribution >= 4 is 15.9 Å². The van der Waals surface area contributed by atoms with Crippen molar-refractivity contribution in [1.29, 1.82) is 0 Å². The van der Waals surface area contributed by atoms with Crippen LogP contribution < -0.4 is 5.32 Å². The topological polar surface area (TPSA) is 29.9 Å². The standard InChI is InChI=1S/C10H16BrF2N3/c1-3-5-16-9(7(11)6-15-16)8(10(12)13)14-4-2/h6,8,10,14H,3-5H2,1-2H3. The Morgan fingerprint density at radius 3 is 2.69 bits per heavy atom. The number of rotatable bonds is 6. The lowest BCUT2D eigenvalue weighted by Crippen LogP contribution is -2.29. The Bertz CT molecular complexity index is 328. The fraction of sp³-hybridized carbons (Fsp3) is 0.700. The normalized spacial score (nSPS) is 13.4. The van der Waals surface area contributed by atoms with Crippen LogP contribution in [0.2, 0.25) is 0 Å². The average molecular weight is 296 g/mol. The molecule has 0 spiro atoms. The van der Waals surface area contributed by atoms with Crippen molar-refractivity contribution in [1.82, 2.24) is 15.1 Å². The minimum atomic E-state index is -2.44. The van der Waals surface area contributed by atoms with E-state index in [1.54, 1.807) is 10.9 Å². The first-order valence-electron chi connectivity index (χ1n) is 5.34. The van der Waals surface area contributed by atoms with Crippen LogP contribution in [-0.2, 0) is 6.54 Å². The molecule has 0 amide bonds. The van der Waals surface area contributed by atoms with Gasteiger partial charge in [0.15, 0.2) is 0 Å². The number of aryl methyl sites for hydroxylation is 1. The molecule has 1 atom stereocenters. The molecule has 92 valence electrons. The van der Waals surface area contributed by atoms with Crippen molar-refractivity contribution in [2.75, 3.05) is 6.54 Å². The second-order valence-electron chi connectivity index (χ2n) is 3.47. The van der Waals surface area contributed by atoms with Gasteiger partial charge in [0.2, 0.25) is 0 Å². The highest BCUT2D eigenvalue weighted by molar-refractivity contribution is 9.10. The zero-order chi connectivity index (χ0) is 12.1. The highest BCUT2D eigenvalue weighted by Crippen LogP contribution is 2.27. The molecule has 0 aliphatic carbocycles. The first-order valence-corrected chi connectivity index (χ1v) is 6.13. The lowest BCUT2D eigenvalue weighted by Gasteiger charge is -2.19. The van der Waals surface area contributed by atoms with Gasteiger partial charge in [-0.1, -0.05) is 13.8 Å². The smallest absolute Gasteiger partial charge is 0.259 e. The van der Waals surface area contributed by atoms with Crippen molar-refractivity contribution < 1.29 is 8.78 Å². The molecule has 1 heterocycles. The molecule has 0 saturated carbocycles. The molecular weight excluding hydrogens is 280 g/mol.